The maximum Gasteiger partial charge on any atom is 0.387 e. The fourth-order valence-electron chi connectivity index (χ4n) is 3.65. The summed E-state index contributed by atoms with van der Waals surface area (Å²) in [4.78, 5) is 2.47. The van der Waals surface area contributed by atoms with Gasteiger partial charge in [-0.15, -0.1) is 24.8 Å². The summed E-state index contributed by atoms with van der Waals surface area (Å²) in [7, 11) is 0. The van der Waals surface area contributed by atoms with Gasteiger partial charge in [0.2, 0.25) is 0 Å². The molecule has 0 radical (unpaired) electrons. The molecular weight excluding hydrogens is 373 g/mol. The summed E-state index contributed by atoms with van der Waals surface area (Å²) >= 11 is 0. The maximum absolute atomic E-state index is 12.5. The predicted molar refractivity (Wildman–Crippen MR) is 98.3 cm³/mol. The van der Waals surface area contributed by atoms with Crippen LogP contribution in [0.2, 0.25) is 0 Å². The molecule has 2 aliphatic heterocycles. The van der Waals surface area contributed by atoms with Gasteiger partial charge in [0, 0.05) is 45.4 Å². The first-order valence-corrected chi connectivity index (χ1v) is 8.31. The number of ether oxygens (including phenoxy) is 2. The van der Waals surface area contributed by atoms with Crippen molar-refractivity contribution in [1.82, 2.24) is 10.2 Å². The Morgan fingerprint density at radius 1 is 1.12 bits per heavy atom. The van der Waals surface area contributed by atoms with Gasteiger partial charge in [0.15, 0.2) is 0 Å². The van der Waals surface area contributed by atoms with E-state index in [1.54, 1.807) is 12.1 Å². The van der Waals surface area contributed by atoms with E-state index in [1.165, 1.54) is 0 Å². The number of piperazine rings is 1. The molecule has 1 atom stereocenters. The molecule has 1 aromatic rings. The first kappa shape index (κ1) is 22.4. The Morgan fingerprint density at radius 3 is 2.44 bits per heavy atom. The van der Waals surface area contributed by atoms with Crippen LogP contribution in [-0.4, -0.2) is 50.9 Å². The molecule has 2 fully saturated rings. The highest BCUT2D eigenvalue weighted by Crippen LogP contribution is 2.36. The number of halogens is 4. The highest BCUT2D eigenvalue weighted by atomic mass is 35.5. The number of benzene rings is 1. The van der Waals surface area contributed by atoms with Crippen molar-refractivity contribution in [3.05, 3.63) is 29.8 Å². The third kappa shape index (κ3) is 6.22. The third-order valence-electron chi connectivity index (χ3n) is 4.68. The number of hydrogen-bond donors (Lipinski definition) is 1. The molecule has 4 nitrogen and oxygen atoms in total. The first-order valence-electron chi connectivity index (χ1n) is 8.31. The first-order chi connectivity index (χ1) is 11.2. The molecule has 0 unspecified atom stereocenters. The van der Waals surface area contributed by atoms with Crippen LogP contribution >= 0.6 is 24.8 Å². The topological polar surface area (TPSA) is 33.7 Å². The quantitative estimate of drug-likeness (QED) is 0.822. The maximum atomic E-state index is 12.5. The van der Waals surface area contributed by atoms with Crippen LogP contribution in [0.15, 0.2) is 24.3 Å². The second kappa shape index (κ2) is 11.1. The van der Waals surface area contributed by atoms with Crippen LogP contribution in [0, 0.1) is 5.92 Å². The molecule has 144 valence electrons. The lowest BCUT2D eigenvalue weighted by atomic mass is 9.85. The number of alkyl halides is 2. The van der Waals surface area contributed by atoms with E-state index in [-0.39, 0.29) is 36.6 Å². The van der Waals surface area contributed by atoms with Crippen molar-refractivity contribution in [2.75, 3.05) is 39.4 Å². The molecule has 0 saturated carbocycles. The van der Waals surface area contributed by atoms with Gasteiger partial charge < -0.3 is 14.8 Å². The highest BCUT2D eigenvalue weighted by molar-refractivity contribution is 5.85. The van der Waals surface area contributed by atoms with Crippen LogP contribution in [0.3, 0.4) is 0 Å². The molecule has 25 heavy (non-hydrogen) atoms. The number of nitrogens with zero attached hydrogens (tertiary/aromatic N) is 1. The smallest absolute Gasteiger partial charge is 0.387 e. The van der Waals surface area contributed by atoms with Crippen LogP contribution < -0.4 is 10.1 Å². The molecule has 1 N–H and O–H groups in total. The molecule has 1 aromatic carbocycles. The van der Waals surface area contributed by atoms with Crippen LogP contribution in [0.4, 0.5) is 8.78 Å². The van der Waals surface area contributed by atoms with E-state index in [0.29, 0.717) is 5.92 Å². The summed E-state index contributed by atoms with van der Waals surface area (Å²) in [6, 6.07) is 7.44. The van der Waals surface area contributed by atoms with Gasteiger partial charge in [-0.25, -0.2) is 0 Å². The van der Waals surface area contributed by atoms with Crippen molar-refractivity contribution in [1.29, 1.82) is 0 Å². The minimum absolute atomic E-state index is 0. The van der Waals surface area contributed by atoms with Gasteiger partial charge in [-0.3, -0.25) is 4.90 Å². The number of hydrogen-bond acceptors (Lipinski definition) is 4. The van der Waals surface area contributed by atoms with Crippen LogP contribution in [0.1, 0.15) is 24.4 Å². The van der Waals surface area contributed by atoms with E-state index in [1.807, 2.05) is 12.1 Å². The van der Waals surface area contributed by atoms with Crippen molar-refractivity contribution in [2.45, 2.75) is 25.5 Å². The Bertz CT molecular complexity index is 481. The summed E-state index contributed by atoms with van der Waals surface area (Å²) < 4.78 is 35.1. The Kier molecular flexibility index (Phi) is 9.97. The lowest BCUT2D eigenvalue weighted by Gasteiger charge is -2.41. The van der Waals surface area contributed by atoms with E-state index in [4.69, 9.17) is 4.74 Å². The van der Waals surface area contributed by atoms with Gasteiger partial charge in [-0.05, 0) is 36.5 Å². The zero-order valence-corrected chi connectivity index (χ0v) is 15.7. The minimum Gasteiger partial charge on any atom is -0.435 e. The van der Waals surface area contributed by atoms with Gasteiger partial charge in [0.25, 0.3) is 0 Å². The van der Waals surface area contributed by atoms with Crippen molar-refractivity contribution in [2.24, 2.45) is 5.92 Å². The van der Waals surface area contributed by atoms with Gasteiger partial charge in [-0.1, -0.05) is 12.1 Å². The highest BCUT2D eigenvalue weighted by Gasteiger charge is 2.31. The second-order valence-corrected chi connectivity index (χ2v) is 6.13. The molecule has 0 spiro atoms. The van der Waals surface area contributed by atoms with Gasteiger partial charge in [0.05, 0.1) is 0 Å². The largest absolute Gasteiger partial charge is 0.435 e. The minimum atomic E-state index is -2.79. The van der Waals surface area contributed by atoms with E-state index in [0.717, 1.165) is 57.8 Å². The van der Waals surface area contributed by atoms with Crippen molar-refractivity contribution < 1.29 is 18.3 Å². The summed E-state index contributed by atoms with van der Waals surface area (Å²) in [5.41, 5.74) is 1.07. The van der Waals surface area contributed by atoms with E-state index in [2.05, 4.69) is 15.0 Å². The standard InChI is InChI=1S/C17H24F2N2O2.2ClH/c18-17(19)23-15-3-1-2-14(12-15)16(13-4-10-22-11-5-13)21-8-6-20-7-9-21;;/h1-3,12-13,16-17,20H,4-11H2;2*1H/t16-;;/m0../s1. The van der Waals surface area contributed by atoms with Crippen LogP contribution in [0.25, 0.3) is 0 Å². The van der Waals surface area contributed by atoms with Crippen LogP contribution in [-0.2, 0) is 4.74 Å². The van der Waals surface area contributed by atoms with Gasteiger partial charge in [-0.2, -0.15) is 8.78 Å². The number of nitrogens with one attached hydrogen (secondary N) is 1. The van der Waals surface area contributed by atoms with E-state index < -0.39 is 6.61 Å². The summed E-state index contributed by atoms with van der Waals surface area (Å²) in [6.07, 6.45) is 2.02. The van der Waals surface area contributed by atoms with Gasteiger partial charge in [0.1, 0.15) is 5.75 Å². The Labute approximate surface area is 160 Å². The van der Waals surface area contributed by atoms with Crippen molar-refractivity contribution in [3.8, 4) is 5.75 Å². The zero-order valence-electron chi connectivity index (χ0n) is 14.0. The van der Waals surface area contributed by atoms with E-state index in [9.17, 15) is 8.78 Å². The molecule has 8 heteroatoms. The molecule has 2 heterocycles. The van der Waals surface area contributed by atoms with Crippen molar-refractivity contribution >= 4 is 24.8 Å². The average Bonchev–Trinajstić information content (AvgIpc) is 2.57. The number of rotatable bonds is 5. The van der Waals surface area contributed by atoms with E-state index >= 15 is 0 Å². The molecule has 0 amide bonds. The lowest BCUT2D eigenvalue weighted by Crippen LogP contribution is -2.47. The molecule has 0 aliphatic carbocycles. The molecule has 3 rings (SSSR count). The lowest BCUT2D eigenvalue weighted by molar-refractivity contribution is -0.0500. The Hall–Kier alpha value is -0.660. The molecule has 2 saturated heterocycles. The fourth-order valence-corrected chi connectivity index (χ4v) is 3.65. The molecular formula is C17H26Cl2F2N2O2. The third-order valence-corrected chi connectivity index (χ3v) is 4.68. The van der Waals surface area contributed by atoms with Crippen LogP contribution in [0.5, 0.6) is 5.75 Å². The average molecular weight is 399 g/mol. The zero-order chi connectivity index (χ0) is 16.1. The Balaban J connectivity index is 0.00000156. The fraction of sp³-hybridized carbons (Fsp3) is 0.647. The second-order valence-electron chi connectivity index (χ2n) is 6.13. The van der Waals surface area contributed by atoms with Gasteiger partial charge >= 0.3 is 6.61 Å². The van der Waals surface area contributed by atoms with Crippen molar-refractivity contribution in [3.63, 3.8) is 0 Å². The predicted octanol–water partition coefficient (Wildman–Crippen LogP) is 3.50. The monoisotopic (exact) mass is 398 g/mol. The SMILES string of the molecule is Cl.Cl.FC(F)Oc1cccc([C@H](C2CCOCC2)N2CCNCC2)c1. The normalized spacial score (nSPS) is 20.4. The molecule has 2 aliphatic rings. The summed E-state index contributed by atoms with van der Waals surface area (Å²) in [6.45, 7) is 2.65. The molecule has 0 aromatic heterocycles. The Morgan fingerprint density at radius 2 is 1.80 bits per heavy atom. The molecule has 0 bridgehead atoms. The summed E-state index contributed by atoms with van der Waals surface area (Å²) in [5, 5.41) is 3.37. The summed E-state index contributed by atoms with van der Waals surface area (Å²) in [5.74, 6) is 0.730.